The van der Waals surface area contributed by atoms with Crippen LogP contribution in [0.4, 0.5) is 5.69 Å². The maximum Gasteiger partial charge on any atom is 0.237 e. The van der Waals surface area contributed by atoms with E-state index in [-0.39, 0.29) is 11.3 Å². The van der Waals surface area contributed by atoms with E-state index in [0.29, 0.717) is 6.54 Å². The van der Waals surface area contributed by atoms with Crippen molar-refractivity contribution in [3.63, 3.8) is 0 Å². The molecule has 1 aromatic rings. The summed E-state index contributed by atoms with van der Waals surface area (Å²) < 4.78 is 26.5. The van der Waals surface area contributed by atoms with E-state index in [1.165, 1.54) is 5.56 Å². The molecule has 0 aliphatic carbocycles. The van der Waals surface area contributed by atoms with Gasteiger partial charge < -0.3 is 5.32 Å². The van der Waals surface area contributed by atoms with Crippen LogP contribution in [0.3, 0.4) is 0 Å². The Balaban J connectivity index is 2.43. The van der Waals surface area contributed by atoms with Crippen LogP contribution in [0.5, 0.6) is 0 Å². The van der Waals surface area contributed by atoms with Crippen molar-refractivity contribution in [2.45, 2.75) is 44.9 Å². The largest absolute Gasteiger partial charge is 0.313 e. The number of sulfonamides is 1. The van der Waals surface area contributed by atoms with Crippen LogP contribution in [-0.2, 0) is 16.4 Å². The molecule has 5 heteroatoms. The van der Waals surface area contributed by atoms with Crippen LogP contribution in [0, 0.1) is 0 Å². The third kappa shape index (κ3) is 2.69. The fraction of sp³-hybridized carbons (Fsp3) is 0.600. The summed E-state index contributed by atoms with van der Waals surface area (Å²) in [4.78, 5) is 0. The van der Waals surface area contributed by atoms with Gasteiger partial charge in [-0.15, -0.1) is 0 Å². The molecule has 0 fully saturated rings. The Morgan fingerprint density at radius 2 is 1.95 bits per heavy atom. The standard InChI is InChI=1S/C15H24N2O2S/c1-11(2)20(18,19)17-9-5-6-14-10-13(12(3)16-4)7-8-15(14)17/h7-8,10-12,16H,5-6,9H2,1-4H3. The van der Waals surface area contributed by atoms with Crippen molar-refractivity contribution < 1.29 is 8.42 Å². The van der Waals surface area contributed by atoms with Crippen molar-refractivity contribution >= 4 is 15.7 Å². The summed E-state index contributed by atoms with van der Waals surface area (Å²) in [6.45, 7) is 6.17. The van der Waals surface area contributed by atoms with Crippen LogP contribution in [0.1, 0.15) is 44.4 Å². The van der Waals surface area contributed by atoms with Gasteiger partial charge in [0.25, 0.3) is 0 Å². The van der Waals surface area contributed by atoms with Gasteiger partial charge >= 0.3 is 0 Å². The normalized spacial score (nSPS) is 17.1. The summed E-state index contributed by atoms with van der Waals surface area (Å²) in [6, 6.07) is 6.39. The zero-order valence-electron chi connectivity index (χ0n) is 12.7. The lowest BCUT2D eigenvalue weighted by Gasteiger charge is -2.32. The highest BCUT2D eigenvalue weighted by molar-refractivity contribution is 7.93. The molecular formula is C15H24N2O2S. The van der Waals surface area contributed by atoms with Crippen molar-refractivity contribution in [2.24, 2.45) is 0 Å². The molecule has 0 saturated carbocycles. The number of benzene rings is 1. The third-order valence-corrected chi connectivity index (χ3v) is 6.20. The average Bonchev–Trinajstić information content (AvgIpc) is 2.44. The topological polar surface area (TPSA) is 49.4 Å². The van der Waals surface area contributed by atoms with E-state index in [9.17, 15) is 8.42 Å². The third-order valence-electron chi connectivity index (χ3n) is 4.02. The Morgan fingerprint density at radius 3 is 2.55 bits per heavy atom. The number of nitrogens with one attached hydrogen (secondary N) is 1. The lowest BCUT2D eigenvalue weighted by molar-refractivity contribution is 0.577. The molecule has 2 rings (SSSR count). The molecular weight excluding hydrogens is 272 g/mol. The number of aryl methyl sites for hydroxylation is 1. The monoisotopic (exact) mass is 296 g/mol. The molecule has 1 aliphatic rings. The van der Waals surface area contributed by atoms with Gasteiger partial charge in [-0.3, -0.25) is 4.31 Å². The zero-order chi connectivity index (χ0) is 14.9. The van der Waals surface area contributed by atoms with Gasteiger partial charge in [0.2, 0.25) is 10.0 Å². The predicted octanol–water partition coefficient (Wildman–Crippen LogP) is 2.46. The Hall–Kier alpha value is -1.07. The van der Waals surface area contributed by atoms with Gasteiger partial charge in [-0.05, 0) is 57.9 Å². The molecule has 0 spiro atoms. The van der Waals surface area contributed by atoms with Crippen LogP contribution < -0.4 is 9.62 Å². The zero-order valence-corrected chi connectivity index (χ0v) is 13.5. The van der Waals surface area contributed by atoms with Gasteiger partial charge in [0.05, 0.1) is 10.9 Å². The Labute approximate surface area is 122 Å². The number of nitrogens with zero attached hydrogens (tertiary/aromatic N) is 1. The first-order chi connectivity index (χ1) is 9.37. The van der Waals surface area contributed by atoms with Gasteiger partial charge in [0, 0.05) is 12.6 Å². The van der Waals surface area contributed by atoms with Crippen molar-refractivity contribution in [2.75, 3.05) is 17.9 Å². The van der Waals surface area contributed by atoms with Crippen molar-refractivity contribution in [1.82, 2.24) is 5.32 Å². The first-order valence-corrected chi connectivity index (χ1v) is 8.70. The molecule has 1 unspecified atom stereocenters. The minimum Gasteiger partial charge on any atom is -0.313 e. The molecule has 0 aromatic heterocycles. The molecule has 1 aromatic carbocycles. The van der Waals surface area contributed by atoms with Gasteiger partial charge in [0.1, 0.15) is 0 Å². The average molecular weight is 296 g/mol. The van der Waals surface area contributed by atoms with Crippen LogP contribution in [0.2, 0.25) is 0 Å². The first kappa shape index (κ1) is 15.3. The van der Waals surface area contributed by atoms with Crippen LogP contribution >= 0.6 is 0 Å². The quantitative estimate of drug-likeness (QED) is 0.928. The number of hydrogen-bond donors (Lipinski definition) is 1. The molecule has 0 saturated heterocycles. The summed E-state index contributed by atoms with van der Waals surface area (Å²) in [5.41, 5.74) is 3.20. The van der Waals surface area contributed by atoms with Gasteiger partial charge in [0.15, 0.2) is 0 Å². The minimum atomic E-state index is -3.23. The van der Waals surface area contributed by atoms with Crippen molar-refractivity contribution in [3.8, 4) is 0 Å². The highest BCUT2D eigenvalue weighted by Gasteiger charge is 2.30. The summed E-state index contributed by atoms with van der Waals surface area (Å²) in [7, 11) is -1.30. The maximum absolute atomic E-state index is 12.4. The molecule has 0 bridgehead atoms. The second-order valence-corrected chi connectivity index (χ2v) is 8.08. The molecule has 4 nitrogen and oxygen atoms in total. The minimum absolute atomic E-state index is 0.275. The summed E-state index contributed by atoms with van der Waals surface area (Å²) in [6.07, 6.45) is 1.83. The Kier molecular flexibility index (Phi) is 4.39. The highest BCUT2D eigenvalue weighted by Crippen LogP contribution is 2.32. The van der Waals surface area contributed by atoms with E-state index in [1.54, 1.807) is 18.2 Å². The van der Waals surface area contributed by atoms with E-state index >= 15 is 0 Å². The van der Waals surface area contributed by atoms with E-state index < -0.39 is 10.0 Å². The molecule has 1 aliphatic heterocycles. The molecule has 20 heavy (non-hydrogen) atoms. The molecule has 112 valence electrons. The summed E-state index contributed by atoms with van der Waals surface area (Å²) in [5, 5.41) is 2.83. The summed E-state index contributed by atoms with van der Waals surface area (Å²) >= 11 is 0. The fourth-order valence-corrected chi connectivity index (χ4v) is 3.88. The van der Waals surface area contributed by atoms with Gasteiger partial charge in [-0.1, -0.05) is 12.1 Å². The smallest absolute Gasteiger partial charge is 0.237 e. The predicted molar refractivity (Wildman–Crippen MR) is 83.6 cm³/mol. The molecule has 1 heterocycles. The van der Waals surface area contributed by atoms with E-state index in [1.807, 2.05) is 19.2 Å². The lowest BCUT2D eigenvalue weighted by atomic mass is 9.98. The maximum atomic E-state index is 12.4. The highest BCUT2D eigenvalue weighted by atomic mass is 32.2. The van der Waals surface area contributed by atoms with Crippen molar-refractivity contribution in [1.29, 1.82) is 0 Å². The van der Waals surface area contributed by atoms with Gasteiger partial charge in [-0.2, -0.15) is 0 Å². The van der Waals surface area contributed by atoms with E-state index in [2.05, 4.69) is 18.3 Å². The number of anilines is 1. The number of rotatable bonds is 4. The lowest BCUT2D eigenvalue weighted by Crippen LogP contribution is -2.39. The van der Waals surface area contributed by atoms with E-state index in [4.69, 9.17) is 0 Å². The fourth-order valence-electron chi connectivity index (χ4n) is 2.54. The second-order valence-electron chi connectivity index (χ2n) is 5.67. The number of fused-ring (bicyclic) bond motifs is 1. The Morgan fingerprint density at radius 1 is 1.25 bits per heavy atom. The number of hydrogen-bond acceptors (Lipinski definition) is 3. The summed E-state index contributed by atoms with van der Waals surface area (Å²) in [5.74, 6) is 0. The Bertz CT molecular complexity index is 582. The SMILES string of the molecule is CNC(C)c1ccc2c(c1)CCCN2S(=O)(=O)C(C)C. The van der Waals surface area contributed by atoms with Crippen molar-refractivity contribution in [3.05, 3.63) is 29.3 Å². The van der Waals surface area contributed by atoms with Gasteiger partial charge in [-0.25, -0.2) is 8.42 Å². The van der Waals surface area contributed by atoms with E-state index in [0.717, 1.165) is 24.1 Å². The second kappa shape index (κ2) is 5.74. The van der Waals surface area contributed by atoms with Crippen LogP contribution in [-0.4, -0.2) is 27.3 Å². The molecule has 1 atom stereocenters. The van der Waals surface area contributed by atoms with Crippen LogP contribution in [0.25, 0.3) is 0 Å². The molecule has 0 amide bonds. The first-order valence-electron chi connectivity index (χ1n) is 7.19. The molecule has 0 radical (unpaired) electrons. The molecule has 1 N–H and O–H groups in total. The van der Waals surface area contributed by atoms with Crippen LogP contribution in [0.15, 0.2) is 18.2 Å².